The van der Waals surface area contributed by atoms with E-state index in [2.05, 4.69) is 14.8 Å². The lowest BCUT2D eigenvalue weighted by Gasteiger charge is -2.20. The molecule has 15 heteroatoms. The van der Waals surface area contributed by atoms with E-state index in [0.717, 1.165) is 29.7 Å². The number of alkyl halides is 7. The fourth-order valence-electron chi connectivity index (χ4n) is 2.90. The number of halogens is 7. The van der Waals surface area contributed by atoms with Gasteiger partial charge in [0, 0.05) is 32.2 Å². The van der Waals surface area contributed by atoms with Crippen molar-refractivity contribution in [3.63, 3.8) is 0 Å². The number of aromatic nitrogens is 4. The molecule has 0 amide bonds. The van der Waals surface area contributed by atoms with Crippen LogP contribution in [0.1, 0.15) is 32.5 Å². The molecular weight excluding hydrogens is 529 g/mol. The van der Waals surface area contributed by atoms with Gasteiger partial charge in [0.15, 0.2) is 12.4 Å². The summed E-state index contributed by atoms with van der Waals surface area (Å²) in [5, 5.41) is 11.6. The monoisotopic (exact) mass is 552 g/mol. The van der Waals surface area contributed by atoms with Gasteiger partial charge in [-0.3, -0.25) is 14.0 Å². The molecule has 0 radical (unpaired) electrons. The number of rotatable bonds is 8. The van der Waals surface area contributed by atoms with E-state index in [9.17, 15) is 40.3 Å². The average Bonchev–Trinajstić information content (AvgIpc) is 3.28. The molecule has 3 rings (SSSR count). The van der Waals surface area contributed by atoms with Gasteiger partial charge in [0.05, 0.1) is 17.1 Å². The van der Waals surface area contributed by atoms with Gasteiger partial charge in [-0.25, -0.2) is 9.78 Å². The molecule has 0 aliphatic rings. The summed E-state index contributed by atoms with van der Waals surface area (Å²) in [6.45, 7) is 0.877. The van der Waals surface area contributed by atoms with Gasteiger partial charge in [0.25, 0.3) is 5.56 Å². The number of carboxylic acids is 1. The summed E-state index contributed by atoms with van der Waals surface area (Å²) in [4.78, 5) is 26.3. The molecular formula is C23H23F7N4O4. The topological polar surface area (TPSA) is 99.2 Å². The molecule has 0 saturated heterocycles. The van der Waals surface area contributed by atoms with Crippen molar-refractivity contribution in [1.29, 1.82) is 0 Å². The molecule has 208 valence electrons. The highest BCUT2D eigenvalue weighted by molar-refractivity contribution is 5.75. The van der Waals surface area contributed by atoms with Crippen molar-refractivity contribution >= 4 is 5.97 Å². The predicted molar refractivity (Wildman–Crippen MR) is 121 cm³/mol. The number of ether oxygens (including phenoxy) is 1. The average molecular weight is 552 g/mol. The van der Waals surface area contributed by atoms with Crippen LogP contribution >= 0.6 is 0 Å². The summed E-state index contributed by atoms with van der Waals surface area (Å²) in [5.41, 5.74) is -0.340. The number of carbonyl (C=O) groups is 1. The molecule has 3 aromatic rings. The largest absolute Gasteiger partial charge is 0.484 e. The van der Waals surface area contributed by atoms with Crippen LogP contribution in [0.15, 0.2) is 47.4 Å². The number of nitrogens with zero attached hydrogens (tertiary/aromatic N) is 4. The van der Waals surface area contributed by atoms with E-state index < -0.39 is 54.8 Å². The quantitative estimate of drug-likeness (QED) is 0.386. The summed E-state index contributed by atoms with van der Waals surface area (Å²) < 4.78 is 96.3. The van der Waals surface area contributed by atoms with Crippen molar-refractivity contribution in [2.45, 2.75) is 44.7 Å². The molecule has 0 unspecified atom stereocenters. The molecule has 2 aromatic heterocycles. The molecule has 0 bridgehead atoms. The Morgan fingerprint density at radius 1 is 1.00 bits per heavy atom. The highest BCUT2D eigenvalue weighted by Crippen LogP contribution is 2.32. The van der Waals surface area contributed by atoms with Crippen molar-refractivity contribution < 1.29 is 45.4 Å². The molecule has 2 heterocycles. The number of aryl methyl sites for hydroxylation is 1. The summed E-state index contributed by atoms with van der Waals surface area (Å²) in [6, 6.07) is 7.39. The van der Waals surface area contributed by atoms with E-state index in [1.54, 1.807) is 7.05 Å². The maximum absolute atomic E-state index is 14.7. The number of aliphatic carboxylic acids is 1. The van der Waals surface area contributed by atoms with Gasteiger partial charge in [-0.2, -0.15) is 35.8 Å². The maximum Gasteiger partial charge on any atom is 0.422 e. The zero-order valence-corrected chi connectivity index (χ0v) is 20.3. The summed E-state index contributed by atoms with van der Waals surface area (Å²) >= 11 is 0. The third kappa shape index (κ3) is 7.55. The third-order valence-corrected chi connectivity index (χ3v) is 5.03. The van der Waals surface area contributed by atoms with Crippen LogP contribution in [-0.4, -0.2) is 49.1 Å². The Morgan fingerprint density at radius 2 is 1.61 bits per heavy atom. The minimum absolute atomic E-state index is 0.0199. The predicted octanol–water partition coefficient (Wildman–Crippen LogP) is 5.19. The van der Waals surface area contributed by atoms with E-state index in [1.807, 2.05) is 0 Å². The van der Waals surface area contributed by atoms with E-state index >= 15 is 0 Å². The molecule has 1 aromatic carbocycles. The van der Waals surface area contributed by atoms with Gasteiger partial charge in [-0.15, -0.1) is 0 Å². The first-order chi connectivity index (χ1) is 17.5. The summed E-state index contributed by atoms with van der Waals surface area (Å²) in [7, 11) is 1.58. The Morgan fingerprint density at radius 3 is 2.03 bits per heavy atom. The lowest BCUT2D eigenvalue weighted by Crippen LogP contribution is -2.30. The SMILES string of the molecule is CCC(F)(F)C(=O)O.CCC(F)(F)c1nc(-c2ccnn2C)cc(=O)n1-c1ccc(OCC(F)(F)F)cc1. The first kappa shape index (κ1) is 30.3. The molecule has 0 spiro atoms. The minimum atomic E-state index is -4.52. The zero-order chi connectivity index (χ0) is 28.9. The van der Waals surface area contributed by atoms with Crippen LogP contribution in [-0.2, 0) is 17.8 Å². The number of benzene rings is 1. The number of carboxylic acid groups (broad SMARTS) is 1. The molecule has 1 N–H and O–H groups in total. The van der Waals surface area contributed by atoms with Gasteiger partial charge in [-0.1, -0.05) is 13.8 Å². The fourth-order valence-corrected chi connectivity index (χ4v) is 2.90. The highest BCUT2D eigenvalue weighted by Gasteiger charge is 2.37. The molecule has 0 fully saturated rings. The van der Waals surface area contributed by atoms with Crippen molar-refractivity contribution in [1.82, 2.24) is 19.3 Å². The Bertz CT molecular complexity index is 1300. The first-order valence-electron chi connectivity index (χ1n) is 10.9. The minimum Gasteiger partial charge on any atom is -0.484 e. The molecule has 8 nitrogen and oxygen atoms in total. The standard InChI is InChI=1S/C19H17F5N4O2.C4H6F2O2/c1-3-18(20,21)17-26-14(15-8-9-25-27(15)2)10-16(29)28(17)12-4-6-13(7-5-12)30-11-19(22,23)24;1-2-4(5,6)3(7)8/h4-10H,3,11H2,1-2H3;2H2,1H3,(H,7,8). The maximum atomic E-state index is 14.7. The van der Waals surface area contributed by atoms with Gasteiger partial charge in [0.2, 0.25) is 0 Å². The Hall–Kier alpha value is -3.91. The van der Waals surface area contributed by atoms with Gasteiger partial charge < -0.3 is 9.84 Å². The van der Waals surface area contributed by atoms with Gasteiger partial charge in [-0.05, 0) is 30.3 Å². The third-order valence-electron chi connectivity index (χ3n) is 5.03. The fraction of sp³-hybridized carbons (Fsp3) is 0.391. The van der Waals surface area contributed by atoms with Crippen LogP contribution < -0.4 is 10.3 Å². The summed E-state index contributed by atoms with van der Waals surface area (Å²) in [5.74, 6) is -9.93. The van der Waals surface area contributed by atoms with Crippen molar-refractivity contribution in [2.24, 2.45) is 7.05 Å². The van der Waals surface area contributed by atoms with E-state index in [-0.39, 0.29) is 17.1 Å². The molecule has 0 aliphatic carbocycles. The first-order valence-corrected chi connectivity index (χ1v) is 10.9. The summed E-state index contributed by atoms with van der Waals surface area (Å²) in [6.07, 6.45) is -4.33. The zero-order valence-electron chi connectivity index (χ0n) is 20.3. The van der Waals surface area contributed by atoms with E-state index in [4.69, 9.17) is 5.11 Å². The van der Waals surface area contributed by atoms with Crippen LogP contribution in [0.25, 0.3) is 17.1 Å². The number of hydrogen-bond acceptors (Lipinski definition) is 5. The molecule has 38 heavy (non-hydrogen) atoms. The Labute approximate surface area is 211 Å². The van der Waals surface area contributed by atoms with E-state index in [1.165, 1.54) is 36.0 Å². The molecule has 0 saturated carbocycles. The normalized spacial score (nSPS) is 12.1. The van der Waals surface area contributed by atoms with Crippen molar-refractivity contribution in [2.75, 3.05) is 6.61 Å². The Balaban J connectivity index is 0.000000550. The lowest BCUT2D eigenvalue weighted by molar-refractivity contribution is -0.165. The van der Waals surface area contributed by atoms with Gasteiger partial charge in [0.1, 0.15) is 5.75 Å². The van der Waals surface area contributed by atoms with Gasteiger partial charge >= 0.3 is 24.0 Å². The second-order valence-electron chi connectivity index (χ2n) is 7.80. The second kappa shape index (κ2) is 11.6. The van der Waals surface area contributed by atoms with Crippen LogP contribution in [0.5, 0.6) is 5.75 Å². The van der Waals surface area contributed by atoms with Crippen molar-refractivity contribution in [3.05, 3.63) is 58.8 Å². The number of hydrogen-bond donors (Lipinski definition) is 1. The Kier molecular flexibility index (Phi) is 9.29. The smallest absolute Gasteiger partial charge is 0.422 e. The van der Waals surface area contributed by atoms with Crippen LogP contribution in [0.4, 0.5) is 30.7 Å². The molecule has 0 atom stereocenters. The van der Waals surface area contributed by atoms with Crippen molar-refractivity contribution in [3.8, 4) is 22.8 Å². The van der Waals surface area contributed by atoms with E-state index in [0.29, 0.717) is 5.69 Å². The van der Waals surface area contributed by atoms with Crippen LogP contribution in [0, 0.1) is 0 Å². The molecule has 0 aliphatic heterocycles. The lowest BCUT2D eigenvalue weighted by atomic mass is 10.2. The van der Waals surface area contributed by atoms with Crippen LogP contribution in [0.3, 0.4) is 0 Å². The highest BCUT2D eigenvalue weighted by atomic mass is 19.4. The van der Waals surface area contributed by atoms with Crippen LogP contribution in [0.2, 0.25) is 0 Å². The second-order valence-corrected chi connectivity index (χ2v) is 7.80.